The summed E-state index contributed by atoms with van der Waals surface area (Å²) >= 11 is 0. The highest BCUT2D eigenvalue weighted by atomic mass is 16.5. The molecule has 2 atom stereocenters. The zero-order chi connectivity index (χ0) is 25.5. The summed E-state index contributed by atoms with van der Waals surface area (Å²) in [7, 11) is 1.62. The minimum Gasteiger partial charge on any atom is -0.497 e. The van der Waals surface area contributed by atoms with Gasteiger partial charge in [0.1, 0.15) is 30.1 Å². The van der Waals surface area contributed by atoms with Crippen LogP contribution in [-0.2, 0) is 22.6 Å². The molecule has 3 heterocycles. The van der Waals surface area contributed by atoms with Crippen LogP contribution in [0.25, 0.3) is 10.9 Å². The first-order chi connectivity index (χ1) is 18.1. The van der Waals surface area contributed by atoms with Gasteiger partial charge in [0.05, 0.1) is 13.7 Å². The fourth-order valence-electron chi connectivity index (χ4n) is 5.73. The van der Waals surface area contributed by atoms with Crippen LogP contribution >= 0.6 is 0 Å². The number of carbonyl (C=O) groups is 2. The third-order valence-electron chi connectivity index (χ3n) is 7.39. The number of benzene rings is 3. The largest absolute Gasteiger partial charge is 0.497 e. The Morgan fingerprint density at radius 1 is 0.973 bits per heavy atom. The maximum Gasteiger partial charge on any atom is 0.246 e. The van der Waals surface area contributed by atoms with Crippen molar-refractivity contribution < 1.29 is 19.1 Å². The van der Waals surface area contributed by atoms with Gasteiger partial charge in [0.15, 0.2) is 0 Å². The minimum absolute atomic E-state index is 0.0320. The second-order valence-corrected chi connectivity index (χ2v) is 9.50. The number of hydrogen-bond donors (Lipinski definition) is 1. The van der Waals surface area contributed by atoms with Crippen molar-refractivity contribution in [1.82, 2.24) is 14.8 Å². The van der Waals surface area contributed by atoms with Gasteiger partial charge in [-0.2, -0.15) is 0 Å². The van der Waals surface area contributed by atoms with Crippen LogP contribution in [-0.4, -0.2) is 52.9 Å². The lowest BCUT2D eigenvalue weighted by Crippen LogP contribution is -2.62. The first-order valence-corrected chi connectivity index (χ1v) is 12.6. The Morgan fingerprint density at radius 2 is 1.73 bits per heavy atom. The Kier molecular flexibility index (Phi) is 5.83. The van der Waals surface area contributed by atoms with E-state index >= 15 is 0 Å². The summed E-state index contributed by atoms with van der Waals surface area (Å²) in [4.78, 5) is 34.8. The second kappa shape index (κ2) is 9.32. The van der Waals surface area contributed by atoms with E-state index in [0.717, 1.165) is 44.8 Å². The first kappa shape index (κ1) is 23.2. The summed E-state index contributed by atoms with van der Waals surface area (Å²) in [5.74, 6) is 1.37. The van der Waals surface area contributed by atoms with Gasteiger partial charge in [0.2, 0.25) is 11.8 Å². The lowest BCUT2D eigenvalue weighted by atomic mass is 9.85. The molecule has 6 rings (SSSR count). The number of H-pyrrole nitrogens is 1. The van der Waals surface area contributed by atoms with Crippen molar-refractivity contribution in [2.45, 2.75) is 32.0 Å². The van der Waals surface area contributed by atoms with Crippen LogP contribution < -0.4 is 9.47 Å². The molecule has 0 saturated carbocycles. The van der Waals surface area contributed by atoms with E-state index in [1.807, 2.05) is 73.7 Å². The summed E-state index contributed by atoms with van der Waals surface area (Å²) < 4.78 is 11.2. The molecule has 1 aromatic heterocycles. The average molecular weight is 496 g/mol. The van der Waals surface area contributed by atoms with Crippen molar-refractivity contribution in [2.24, 2.45) is 0 Å². The number of nitrogens with zero attached hydrogens (tertiary/aromatic N) is 2. The zero-order valence-corrected chi connectivity index (χ0v) is 20.9. The molecule has 4 aromatic rings. The topological polar surface area (TPSA) is 74.9 Å². The van der Waals surface area contributed by atoms with Crippen molar-refractivity contribution in [3.8, 4) is 11.5 Å². The van der Waals surface area contributed by atoms with E-state index in [9.17, 15) is 9.59 Å². The molecule has 1 N–H and O–H groups in total. The normalized spacial score (nSPS) is 19.1. The van der Waals surface area contributed by atoms with Crippen LogP contribution in [0.3, 0.4) is 0 Å². The van der Waals surface area contributed by atoms with Gasteiger partial charge in [0, 0.05) is 35.1 Å². The number of amides is 2. The number of aromatic amines is 1. The molecule has 0 spiro atoms. The maximum absolute atomic E-state index is 14.0. The molecular weight excluding hydrogens is 466 g/mol. The van der Waals surface area contributed by atoms with Crippen molar-refractivity contribution >= 4 is 22.7 Å². The predicted molar refractivity (Wildman–Crippen MR) is 141 cm³/mol. The summed E-state index contributed by atoms with van der Waals surface area (Å²) in [5, 5.41) is 1.09. The minimum atomic E-state index is -0.592. The monoisotopic (exact) mass is 495 g/mol. The smallest absolute Gasteiger partial charge is 0.246 e. The highest BCUT2D eigenvalue weighted by Crippen LogP contribution is 2.45. The molecule has 0 bridgehead atoms. The number of aromatic nitrogens is 1. The molecule has 7 heteroatoms. The van der Waals surface area contributed by atoms with Gasteiger partial charge < -0.3 is 24.3 Å². The molecule has 1 fully saturated rings. The van der Waals surface area contributed by atoms with Gasteiger partial charge >= 0.3 is 0 Å². The number of hydrogen-bond acceptors (Lipinski definition) is 4. The Bertz CT molecular complexity index is 1480. The number of methoxy groups -OCH3 is 1. The van der Waals surface area contributed by atoms with Crippen LogP contribution in [0.15, 0.2) is 72.8 Å². The van der Waals surface area contributed by atoms with Crippen molar-refractivity contribution in [1.29, 1.82) is 0 Å². The highest BCUT2D eigenvalue weighted by Gasteiger charge is 2.48. The number of piperazine rings is 1. The lowest BCUT2D eigenvalue weighted by Gasteiger charge is -2.47. The number of rotatable bonds is 6. The van der Waals surface area contributed by atoms with Crippen molar-refractivity contribution in [2.75, 3.05) is 20.3 Å². The molecule has 3 aromatic carbocycles. The molecule has 1 saturated heterocycles. The molecule has 2 aliphatic heterocycles. The van der Waals surface area contributed by atoms with Gasteiger partial charge in [-0.25, -0.2) is 0 Å². The van der Waals surface area contributed by atoms with E-state index in [1.54, 1.807) is 16.9 Å². The fourth-order valence-corrected chi connectivity index (χ4v) is 5.73. The third-order valence-corrected chi connectivity index (χ3v) is 7.39. The molecule has 7 nitrogen and oxygen atoms in total. The van der Waals surface area contributed by atoms with Crippen LogP contribution in [0.2, 0.25) is 0 Å². The van der Waals surface area contributed by atoms with E-state index < -0.39 is 12.1 Å². The van der Waals surface area contributed by atoms with E-state index in [0.29, 0.717) is 19.6 Å². The lowest BCUT2D eigenvalue weighted by molar-refractivity contribution is -0.159. The van der Waals surface area contributed by atoms with Crippen LogP contribution in [0, 0.1) is 0 Å². The highest BCUT2D eigenvalue weighted by molar-refractivity contribution is 5.97. The van der Waals surface area contributed by atoms with Gasteiger partial charge in [-0.05, 0) is 42.3 Å². The number of fused-ring (bicyclic) bond motifs is 4. The van der Waals surface area contributed by atoms with Gasteiger partial charge in [0.25, 0.3) is 0 Å². The Morgan fingerprint density at radius 3 is 2.51 bits per heavy atom. The van der Waals surface area contributed by atoms with Gasteiger partial charge in [-0.15, -0.1) is 0 Å². The first-order valence-electron chi connectivity index (χ1n) is 12.6. The summed E-state index contributed by atoms with van der Waals surface area (Å²) in [6.07, 6.45) is 0.469. The molecule has 0 aliphatic carbocycles. The fraction of sp³-hybridized carbons (Fsp3) is 0.267. The van der Waals surface area contributed by atoms with Crippen LogP contribution in [0.4, 0.5) is 0 Å². The maximum atomic E-state index is 14.0. The van der Waals surface area contributed by atoms with E-state index in [-0.39, 0.29) is 18.4 Å². The second-order valence-electron chi connectivity index (χ2n) is 9.50. The van der Waals surface area contributed by atoms with Crippen LogP contribution in [0.1, 0.15) is 35.3 Å². The molecule has 1 unspecified atom stereocenters. The number of nitrogens with one attached hydrogen (secondary N) is 1. The summed E-state index contributed by atoms with van der Waals surface area (Å²) in [5.41, 5.74) is 4.88. The quantitative estimate of drug-likeness (QED) is 0.429. The molecule has 188 valence electrons. The van der Waals surface area contributed by atoms with Gasteiger partial charge in [-0.1, -0.05) is 48.5 Å². The number of para-hydroxylation sites is 2. The summed E-state index contributed by atoms with van der Waals surface area (Å²) in [6.45, 7) is 2.86. The van der Waals surface area contributed by atoms with E-state index in [4.69, 9.17) is 9.47 Å². The number of ether oxygens (including phenoxy) is 2. The Balaban J connectivity index is 1.44. The van der Waals surface area contributed by atoms with Gasteiger partial charge in [-0.3, -0.25) is 9.59 Å². The molecular formula is C30H29N3O4. The third kappa shape index (κ3) is 3.91. The Labute approximate surface area is 215 Å². The molecule has 2 aliphatic rings. The van der Waals surface area contributed by atoms with E-state index in [2.05, 4.69) is 11.1 Å². The SMILES string of the molecule is CCOc1ccccc1C1c2[nH]c3ccccc3c2C[C@H]2C(=O)N(Cc3ccc(OC)cc3)CC(=O)N12. The van der Waals surface area contributed by atoms with Crippen molar-refractivity contribution in [3.63, 3.8) is 0 Å². The number of carbonyl (C=O) groups excluding carboxylic acids is 2. The average Bonchev–Trinajstić information content (AvgIpc) is 3.30. The Hall–Kier alpha value is -4.26. The van der Waals surface area contributed by atoms with Crippen LogP contribution in [0.5, 0.6) is 11.5 Å². The standard InChI is InChI=1S/C30H29N3O4/c1-3-37-26-11-7-5-9-22(26)29-28-23(21-8-4-6-10-24(21)31-28)16-25-30(35)32(18-27(34)33(25)29)17-19-12-14-20(36-2)15-13-19/h4-15,25,29,31H,3,16-18H2,1-2H3/t25-,29?/m0/s1. The summed E-state index contributed by atoms with van der Waals surface area (Å²) in [6, 6.07) is 22.5. The molecule has 0 radical (unpaired) electrons. The predicted octanol–water partition coefficient (Wildman–Crippen LogP) is 4.46. The molecule has 2 amide bonds. The van der Waals surface area contributed by atoms with E-state index in [1.165, 1.54) is 0 Å². The zero-order valence-electron chi connectivity index (χ0n) is 20.9. The molecule has 37 heavy (non-hydrogen) atoms. The van der Waals surface area contributed by atoms with Crippen molar-refractivity contribution in [3.05, 3.63) is 95.2 Å².